The normalized spacial score (nSPS) is 13.3. The number of amides is 1. The predicted molar refractivity (Wildman–Crippen MR) is 85.7 cm³/mol. The van der Waals surface area contributed by atoms with Crippen molar-refractivity contribution in [3.63, 3.8) is 0 Å². The van der Waals surface area contributed by atoms with Gasteiger partial charge < -0.3 is 19.7 Å². The number of carbonyl (C=O) groups is 2. The average molecular weight is 353 g/mol. The number of nitrogens with one attached hydrogen (secondary N) is 1. The van der Waals surface area contributed by atoms with Crippen LogP contribution in [0.25, 0.3) is 0 Å². The molecule has 0 saturated carbocycles. The van der Waals surface area contributed by atoms with E-state index in [2.05, 4.69) is 10.5 Å². The number of hydrogen-bond donors (Lipinski definition) is 2. The summed E-state index contributed by atoms with van der Waals surface area (Å²) in [6, 6.07) is 7.69. The van der Waals surface area contributed by atoms with Gasteiger partial charge in [-0.25, -0.2) is 4.79 Å². The monoisotopic (exact) mass is 352 g/mol. The molecule has 0 fully saturated rings. The van der Waals surface area contributed by atoms with Gasteiger partial charge in [0.2, 0.25) is 0 Å². The molecule has 0 saturated heterocycles. The quantitative estimate of drug-likeness (QED) is 0.794. The highest BCUT2D eigenvalue weighted by molar-refractivity contribution is 6.30. The van der Waals surface area contributed by atoms with E-state index in [4.69, 9.17) is 20.9 Å². The fraction of sp³-hybridized carbons (Fsp3) is 0.312. The molecule has 0 aliphatic heterocycles. The molecule has 1 amide bonds. The summed E-state index contributed by atoms with van der Waals surface area (Å²) in [6.45, 7) is 1.83. The fourth-order valence-corrected chi connectivity index (χ4v) is 2.44. The lowest BCUT2D eigenvalue weighted by Crippen LogP contribution is -2.51. The minimum atomic E-state index is -1.60. The first-order valence-electron chi connectivity index (χ1n) is 7.19. The molecule has 24 heavy (non-hydrogen) atoms. The van der Waals surface area contributed by atoms with Gasteiger partial charge in [-0.3, -0.25) is 4.79 Å². The topological polar surface area (TPSA) is 102 Å². The Morgan fingerprint density at radius 1 is 1.38 bits per heavy atom. The summed E-state index contributed by atoms with van der Waals surface area (Å²) >= 11 is 5.85. The van der Waals surface area contributed by atoms with Crippen LogP contribution in [0.15, 0.2) is 34.9 Å². The zero-order chi connectivity index (χ0) is 17.7. The molecule has 0 radical (unpaired) electrons. The van der Waals surface area contributed by atoms with Crippen LogP contribution in [-0.2, 0) is 21.7 Å². The molecular formula is C16H17ClN2O5. The SMILES string of the molecule is CCC(NC(=O)c1cc(COC)on1)(C(=O)O)c1ccc(Cl)cc1. The molecule has 0 bridgehead atoms. The largest absolute Gasteiger partial charge is 0.479 e. The van der Waals surface area contributed by atoms with Gasteiger partial charge in [0.25, 0.3) is 5.91 Å². The molecule has 0 aliphatic carbocycles. The molecule has 1 aromatic heterocycles. The average Bonchev–Trinajstić information content (AvgIpc) is 3.02. The highest BCUT2D eigenvalue weighted by atomic mass is 35.5. The van der Waals surface area contributed by atoms with Gasteiger partial charge in [0, 0.05) is 18.2 Å². The second-order valence-corrected chi connectivity index (χ2v) is 5.57. The van der Waals surface area contributed by atoms with Crippen molar-refractivity contribution >= 4 is 23.5 Å². The van der Waals surface area contributed by atoms with Gasteiger partial charge in [0.05, 0.1) is 0 Å². The van der Waals surface area contributed by atoms with Crippen molar-refractivity contribution in [2.45, 2.75) is 25.5 Å². The minimum Gasteiger partial charge on any atom is -0.479 e. The molecule has 1 unspecified atom stereocenters. The maximum Gasteiger partial charge on any atom is 0.334 e. The Labute approximate surface area is 143 Å². The number of aliphatic carboxylic acids is 1. The van der Waals surface area contributed by atoms with E-state index in [-0.39, 0.29) is 18.7 Å². The molecule has 2 aromatic rings. The number of ether oxygens (including phenoxy) is 1. The van der Waals surface area contributed by atoms with Crippen LogP contribution in [0.3, 0.4) is 0 Å². The van der Waals surface area contributed by atoms with Crippen LogP contribution < -0.4 is 5.32 Å². The maximum atomic E-state index is 12.4. The summed E-state index contributed by atoms with van der Waals surface area (Å²) in [5, 5.41) is 16.4. The Bertz CT molecular complexity index is 728. The molecule has 7 nitrogen and oxygen atoms in total. The van der Waals surface area contributed by atoms with Crippen LogP contribution in [0.5, 0.6) is 0 Å². The van der Waals surface area contributed by atoms with Gasteiger partial charge in [-0.05, 0) is 24.1 Å². The van der Waals surface area contributed by atoms with E-state index < -0.39 is 17.4 Å². The summed E-state index contributed by atoms with van der Waals surface area (Å²) in [6.07, 6.45) is 0.137. The number of aromatic nitrogens is 1. The molecular weight excluding hydrogens is 336 g/mol. The van der Waals surface area contributed by atoms with Crippen molar-refractivity contribution in [1.82, 2.24) is 10.5 Å². The molecule has 0 aliphatic rings. The second kappa shape index (κ2) is 7.46. The zero-order valence-electron chi connectivity index (χ0n) is 13.2. The Kier molecular flexibility index (Phi) is 5.58. The van der Waals surface area contributed by atoms with Gasteiger partial charge in [-0.2, -0.15) is 0 Å². The third-order valence-corrected chi connectivity index (χ3v) is 3.89. The predicted octanol–water partition coefficient (Wildman–Crippen LogP) is 2.59. The van der Waals surface area contributed by atoms with E-state index in [1.165, 1.54) is 13.2 Å². The smallest absolute Gasteiger partial charge is 0.334 e. The standard InChI is InChI=1S/C16H17ClN2O5/c1-3-16(15(21)22,10-4-6-11(17)7-5-10)18-14(20)13-8-12(9-23-2)24-19-13/h4-8H,3,9H2,1-2H3,(H,18,20)(H,21,22). The highest BCUT2D eigenvalue weighted by Crippen LogP contribution is 2.27. The number of carboxylic acid groups (broad SMARTS) is 1. The van der Waals surface area contributed by atoms with Crippen LogP contribution >= 0.6 is 11.6 Å². The lowest BCUT2D eigenvalue weighted by molar-refractivity contribution is -0.145. The van der Waals surface area contributed by atoms with Gasteiger partial charge in [-0.1, -0.05) is 35.8 Å². The third kappa shape index (κ3) is 3.58. The first-order chi connectivity index (χ1) is 11.4. The van der Waals surface area contributed by atoms with Crippen LogP contribution in [0.2, 0.25) is 5.02 Å². The van der Waals surface area contributed by atoms with E-state index in [9.17, 15) is 14.7 Å². The molecule has 1 atom stereocenters. The Balaban J connectivity index is 2.32. The van der Waals surface area contributed by atoms with Crippen molar-refractivity contribution in [1.29, 1.82) is 0 Å². The third-order valence-electron chi connectivity index (χ3n) is 3.64. The van der Waals surface area contributed by atoms with Crippen molar-refractivity contribution in [2.24, 2.45) is 0 Å². The summed E-state index contributed by atoms with van der Waals surface area (Å²) in [5.41, 5.74) is -1.20. The van der Waals surface area contributed by atoms with E-state index >= 15 is 0 Å². The van der Waals surface area contributed by atoms with Gasteiger partial charge in [-0.15, -0.1) is 0 Å². The number of nitrogens with zero attached hydrogens (tertiary/aromatic N) is 1. The molecule has 8 heteroatoms. The van der Waals surface area contributed by atoms with Gasteiger partial charge in [0.15, 0.2) is 17.0 Å². The maximum absolute atomic E-state index is 12.4. The molecule has 128 valence electrons. The van der Waals surface area contributed by atoms with E-state index in [0.29, 0.717) is 16.3 Å². The molecule has 1 heterocycles. The summed E-state index contributed by atoms with van der Waals surface area (Å²) < 4.78 is 9.85. The summed E-state index contributed by atoms with van der Waals surface area (Å²) in [7, 11) is 1.48. The Morgan fingerprint density at radius 3 is 2.58 bits per heavy atom. The summed E-state index contributed by atoms with van der Waals surface area (Å²) in [5.74, 6) is -1.46. The number of methoxy groups -OCH3 is 1. The summed E-state index contributed by atoms with van der Waals surface area (Å²) in [4.78, 5) is 24.3. The van der Waals surface area contributed by atoms with E-state index in [1.54, 1.807) is 31.2 Å². The number of carbonyl (C=O) groups excluding carboxylic acids is 1. The first-order valence-corrected chi connectivity index (χ1v) is 7.57. The van der Waals surface area contributed by atoms with Crippen LogP contribution in [0.4, 0.5) is 0 Å². The number of rotatable bonds is 7. The number of halogens is 1. The van der Waals surface area contributed by atoms with Gasteiger partial charge >= 0.3 is 5.97 Å². The van der Waals surface area contributed by atoms with E-state index in [1.807, 2.05) is 0 Å². The van der Waals surface area contributed by atoms with Crippen LogP contribution in [0, 0.1) is 0 Å². The van der Waals surface area contributed by atoms with Crippen LogP contribution in [0.1, 0.15) is 35.2 Å². The zero-order valence-corrected chi connectivity index (χ0v) is 14.0. The van der Waals surface area contributed by atoms with Crippen molar-refractivity contribution in [3.8, 4) is 0 Å². The van der Waals surface area contributed by atoms with Crippen LogP contribution in [-0.4, -0.2) is 29.2 Å². The second-order valence-electron chi connectivity index (χ2n) is 5.14. The van der Waals surface area contributed by atoms with Crippen molar-refractivity contribution in [2.75, 3.05) is 7.11 Å². The van der Waals surface area contributed by atoms with Crippen molar-refractivity contribution < 1.29 is 24.0 Å². The molecule has 0 spiro atoms. The molecule has 1 aromatic carbocycles. The lowest BCUT2D eigenvalue weighted by atomic mass is 9.87. The lowest BCUT2D eigenvalue weighted by Gasteiger charge is -2.29. The molecule has 2 rings (SSSR count). The van der Waals surface area contributed by atoms with E-state index in [0.717, 1.165) is 0 Å². The Morgan fingerprint density at radius 2 is 2.04 bits per heavy atom. The Hall–Kier alpha value is -2.38. The number of hydrogen-bond acceptors (Lipinski definition) is 5. The number of carboxylic acids is 1. The first kappa shape index (κ1) is 18.0. The molecule has 2 N–H and O–H groups in total. The van der Waals surface area contributed by atoms with Gasteiger partial charge in [0.1, 0.15) is 6.61 Å². The number of benzene rings is 1. The van der Waals surface area contributed by atoms with Crippen molar-refractivity contribution in [3.05, 3.63) is 52.4 Å². The fourth-order valence-electron chi connectivity index (χ4n) is 2.32. The minimum absolute atomic E-state index is 0.0184. The highest BCUT2D eigenvalue weighted by Gasteiger charge is 2.41.